The Labute approximate surface area is 153 Å². The van der Waals surface area contributed by atoms with Crippen molar-refractivity contribution in [2.45, 2.75) is 46.2 Å². The molecule has 6 nitrogen and oxygen atoms in total. The minimum atomic E-state index is -0.325. The lowest BCUT2D eigenvalue weighted by molar-refractivity contribution is -0.121. The molecule has 26 heavy (non-hydrogen) atoms. The van der Waals surface area contributed by atoms with Crippen molar-refractivity contribution in [1.82, 2.24) is 25.4 Å². The zero-order valence-corrected chi connectivity index (χ0v) is 15.6. The Morgan fingerprint density at radius 2 is 2.15 bits per heavy atom. The van der Waals surface area contributed by atoms with E-state index in [9.17, 15) is 9.18 Å². The fourth-order valence-corrected chi connectivity index (χ4v) is 3.28. The van der Waals surface area contributed by atoms with Crippen molar-refractivity contribution in [2.75, 3.05) is 13.1 Å². The van der Waals surface area contributed by atoms with Crippen LogP contribution in [-0.4, -0.2) is 33.8 Å². The van der Waals surface area contributed by atoms with Crippen molar-refractivity contribution in [3.63, 3.8) is 0 Å². The van der Waals surface area contributed by atoms with Crippen LogP contribution in [-0.2, 0) is 24.2 Å². The van der Waals surface area contributed by atoms with Crippen LogP contribution in [0.5, 0.6) is 0 Å². The summed E-state index contributed by atoms with van der Waals surface area (Å²) in [5.74, 6) is 1.45. The zero-order valence-electron chi connectivity index (χ0n) is 15.6. The minimum Gasteiger partial charge on any atom is -0.346 e. The Morgan fingerprint density at radius 3 is 2.92 bits per heavy atom. The van der Waals surface area contributed by atoms with E-state index in [1.807, 2.05) is 6.92 Å². The molecule has 2 N–H and O–H groups in total. The lowest BCUT2D eigenvalue weighted by Gasteiger charge is -2.23. The standard InChI is InChI=1S/C19H26FN5O/c1-12(2)18(19-24-23-16-6-7-21-8-9-25(16)19)22-17(26)11-14-10-15(20)5-4-13(14)3/h4-5,10,12,18,21H,6-9,11H2,1-3H3,(H,22,26)/t18-/m0/s1. The fraction of sp³-hybridized carbons (Fsp3) is 0.526. The largest absolute Gasteiger partial charge is 0.346 e. The number of hydrogen-bond donors (Lipinski definition) is 2. The summed E-state index contributed by atoms with van der Waals surface area (Å²) < 4.78 is 15.6. The van der Waals surface area contributed by atoms with Crippen LogP contribution in [0, 0.1) is 18.7 Å². The number of carbonyl (C=O) groups is 1. The van der Waals surface area contributed by atoms with Gasteiger partial charge in [-0.2, -0.15) is 0 Å². The van der Waals surface area contributed by atoms with Crippen molar-refractivity contribution < 1.29 is 9.18 Å². The Balaban J connectivity index is 1.78. The number of hydrogen-bond acceptors (Lipinski definition) is 4. The van der Waals surface area contributed by atoms with E-state index in [-0.39, 0.29) is 30.1 Å². The normalized spacial score (nSPS) is 15.4. The maximum atomic E-state index is 13.5. The van der Waals surface area contributed by atoms with Gasteiger partial charge in [-0.05, 0) is 36.1 Å². The average Bonchev–Trinajstić information content (AvgIpc) is 2.83. The van der Waals surface area contributed by atoms with Crippen molar-refractivity contribution >= 4 is 5.91 Å². The van der Waals surface area contributed by atoms with Gasteiger partial charge in [-0.1, -0.05) is 19.9 Å². The predicted molar refractivity (Wildman–Crippen MR) is 97.2 cm³/mol. The first-order chi connectivity index (χ1) is 12.5. The van der Waals surface area contributed by atoms with E-state index in [0.717, 1.165) is 43.3 Å². The number of benzene rings is 1. The monoisotopic (exact) mass is 359 g/mol. The molecule has 0 radical (unpaired) electrons. The highest BCUT2D eigenvalue weighted by Crippen LogP contribution is 2.22. The molecule has 1 aromatic carbocycles. The summed E-state index contributed by atoms with van der Waals surface area (Å²) in [7, 11) is 0. The maximum absolute atomic E-state index is 13.5. The molecule has 0 unspecified atom stereocenters. The summed E-state index contributed by atoms with van der Waals surface area (Å²) in [6.45, 7) is 8.52. The highest BCUT2D eigenvalue weighted by molar-refractivity contribution is 5.79. The van der Waals surface area contributed by atoms with E-state index in [1.165, 1.54) is 12.1 Å². The summed E-state index contributed by atoms with van der Waals surface area (Å²) in [6, 6.07) is 4.31. The van der Waals surface area contributed by atoms with Gasteiger partial charge in [-0.3, -0.25) is 4.79 Å². The smallest absolute Gasteiger partial charge is 0.225 e. The summed E-state index contributed by atoms with van der Waals surface area (Å²) in [4.78, 5) is 12.6. The van der Waals surface area contributed by atoms with Gasteiger partial charge in [0.2, 0.25) is 5.91 Å². The first kappa shape index (κ1) is 18.5. The van der Waals surface area contributed by atoms with Crippen molar-refractivity contribution in [1.29, 1.82) is 0 Å². The minimum absolute atomic E-state index is 0.138. The molecule has 0 spiro atoms. The molecule has 0 saturated carbocycles. The molecule has 0 saturated heterocycles. The van der Waals surface area contributed by atoms with E-state index < -0.39 is 0 Å². The quantitative estimate of drug-likeness (QED) is 0.856. The summed E-state index contributed by atoms with van der Waals surface area (Å²) in [5, 5.41) is 15.1. The number of nitrogens with zero attached hydrogens (tertiary/aromatic N) is 3. The lowest BCUT2D eigenvalue weighted by atomic mass is 10.0. The number of halogens is 1. The summed E-state index contributed by atoms with van der Waals surface area (Å²) in [6.07, 6.45) is 0.976. The van der Waals surface area contributed by atoms with Crippen molar-refractivity contribution in [3.05, 3.63) is 46.8 Å². The number of fused-ring (bicyclic) bond motifs is 1. The van der Waals surface area contributed by atoms with E-state index in [2.05, 4.69) is 39.2 Å². The molecule has 1 aromatic heterocycles. The molecule has 1 atom stereocenters. The predicted octanol–water partition coefficient (Wildman–Crippen LogP) is 1.93. The van der Waals surface area contributed by atoms with E-state index >= 15 is 0 Å². The highest BCUT2D eigenvalue weighted by Gasteiger charge is 2.26. The van der Waals surface area contributed by atoms with Gasteiger partial charge in [0, 0.05) is 26.1 Å². The zero-order chi connectivity index (χ0) is 18.7. The number of rotatable bonds is 5. The van der Waals surface area contributed by atoms with Gasteiger partial charge in [-0.25, -0.2) is 4.39 Å². The molecule has 0 aliphatic carbocycles. The Morgan fingerprint density at radius 1 is 1.35 bits per heavy atom. The average molecular weight is 359 g/mol. The Bertz CT molecular complexity index is 786. The van der Waals surface area contributed by atoms with Crippen LogP contribution in [0.4, 0.5) is 4.39 Å². The van der Waals surface area contributed by atoms with Crippen LogP contribution in [0.2, 0.25) is 0 Å². The van der Waals surface area contributed by atoms with Gasteiger partial charge in [0.25, 0.3) is 0 Å². The summed E-state index contributed by atoms with van der Waals surface area (Å²) >= 11 is 0. The van der Waals surface area contributed by atoms with E-state index in [1.54, 1.807) is 6.07 Å². The SMILES string of the molecule is Cc1ccc(F)cc1CC(=O)N[C@H](c1nnc2n1CCNCC2)C(C)C. The molecule has 1 aliphatic heterocycles. The number of nitrogens with one attached hydrogen (secondary N) is 2. The molecule has 1 aliphatic rings. The van der Waals surface area contributed by atoms with Gasteiger partial charge in [-0.15, -0.1) is 10.2 Å². The van der Waals surface area contributed by atoms with Crippen LogP contribution in [0.3, 0.4) is 0 Å². The highest BCUT2D eigenvalue weighted by atomic mass is 19.1. The van der Waals surface area contributed by atoms with E-state index in [0.29, 0.717) is 5.56 Å². The van der Waals surface area contributed by atoms with Gasteiger partial charge in [0.05, 0.1) is 12.5 Å². The lowest BCUT2D eigenvalue weighted by Crippen LogP contribution is -2.35. The second-order valence-corrected chi connectivity index (χ2v) is 7.16. The third kappa shape index (κ3) is 4.09. The molecule has 2 aromatic rings. The number of carbonyl (C=O) groups excluding carboxylic acids is 1. The molecular formula is C19H26FN5O. The van der Waals surface area contributed by atoms with Gasteiger partial charge in [0.1, 0.15) is 11.6 Å². The molecular weight excluding hydrogens is 333 g/mol. The van der Waals surface area contributed by atoms with Gasteiger partial charge in [0.15, 0.2) is 5.82 Å². The number of amides is 1. The van der Waals surface area contributed by atoms with Gasteiger partial charge >= 0.3 is 0 Å². The molecule has 2 heterocycles. The Kier molecular flexibility index (Phi) is 5.66. The van der Waals surface area contributed by atoms with Crippen LogP contribution in [0.1, 0.15) is 42.7 Å². The summed E-state index contributed by atoms with van der Waals surface area (Å²) in [5.41, 5.74) is 1.61. The van der Waals surface area contributed by atoms with Crippen LogP contribution < -0.4 is 10.6 Å². The third-order valence-electron chi connectivity index (χ3n) is 4.82. The first-order valence-corrected chi connectivity index (χ1v) is 9.12. The number of aromatic nitrogens is 3. The third-order valence-corrected chi connectivity index (χ3v) is 4.82. The van der Waals surface area contributed by atoms with Crippen LogP contribution in [0.15, 0.2) is 18.2 Å². The second-order valence-electron chi connectivity index (χ2n) is 7.16. The Hall–Kier alpha value is -2.28. The molecule has 0 fully saturated rings. The van der Waals surface area contributed by atoms with Crippen molar-refractivity contribution in [2.24, 2.45) is 5.92 Å². The number of aryl methyl sites for hydroxylation is 1. The molecule has 1 amide bonds. The first-order valence-electron chi connectivity index (χ1n) is 9.12. The van der Waals surface area contributed by atoms with E-state index in [4.69, 9.17) is 0 Å². The van der Waals surface area contributed by atoms with Gasteiger partial charge < -0.3 is 15.2 Å². The topological polar surface area (TPSA) is 71.8 Å². The molecule has 0 bridgehead atoms. The molecule has 3 rings (SSSR count). The fourth-order valence-electron chi connectivity index (χ4n) is 3.28. The van der Waals surface area contributed by atoms with Crippen LogP contribution in [0.25, 0.3) is 0 Å². The molecule has 140 valence electrons. The van der Waals surface area contributed by atoms with Crippen LogP contribution >= 0.6 is 0 Å². The molecule has 7 heteroatoms. The second kappa shape index (κ2) is 7.95. The maximum Gasteiger partial charge on any atom is 0.225 e. The van der Waals surface area contributed by atoms with Crippen molar-refractivity contribution in [3.8, 4) is 0 Å².